The number of sulfonamides is 1. The molecule has 2 aliphatic rings. The number of amides is 2. The fourth-order valence-electron chi connectivity index (χ4n) is 8.35. The van der Waals surface area contributed by atoms with Crippen molar-refractivity contribution in [2.24, 2.45) is 10.7 Å². The van der Waals surface area contributed by atoms with Crippen molar-refractivity contribution in [3.8, 4) is 16.9 Å². The van der Waals surface area contributed by atoms with E-state index in [-0.39, 0.29) is 49.4 Å². The Kier molecular flexibility index (Phi) is 15.2. The molecule has 4 aromatic rings. The summed E-state index contributed by atoms with van der Waals surface area (Å²) in [6.07, 6.45) is -2.65. The SMILES string of the molecule is Cc1c(C)c(S(=O)(=O)NC(N)=NCCC[C@H](NC(=O)OCC2c3ccccc3-c3ccccc32)C(=O)O[C@H](C)[C@H](NC(=O)OC(C)(C)C)C(=O)OCc2ccccc2)c(C)c2c1OC(C)(C)C2. The lowest BCUT2D eigenvalue weighted by atomic mass is 9.94. The van der Waals surface area contributed by atoms with Crippen molar-refractivity contribution in [2.45, 2.75) is 128 Å². The van der Waals surface area contributed by atoms with Crippen LogP contribution in [0.15, 0.2) is 88.8 Å². The highest BCUT2D eigenvalue weighted by Crippen LogP contribution is 2.45. The van der Waals surface area contributed by atoms with Gasteiger partial charge in [0.2, 0.25) is 5.96 Å². The average molecular weight is 940 g/mol. The molecule has 0 bridgehead atoms. The summed E-state index contributed by atoms with van der Waals surface area (Å²) in [6.45, 7) is 15.3. The molecule has 6 rings (SSSR count). The van der Waals surface area contributed by atoms with Crippen LogP contribution in [0.5, 0.6) is 5.75 Å². The Morgan fingerprint density at radius 3 is 2.07 bits per heavy atom. The maximum atomic E-state index is 14.0. The standard InChI is InChI=1S/C50H61N5O11S/c1-29-30(2)43(31(3)38-26-50(8,9)65-42(29)38)67(60,61)55-46(51)52-25-17-24-40(53-47(58)63-28-39-36-22-15-13-20-34(36)35-21-14-16-23-37(35)39)44(56)64-32(4)41(54-48(59)66-49(5,6)7)45(57)62-27-33-18-11-10-12-19-33/h10-16,18-23,32,39-41H,17,24-28H2,1-9H3,(H,53,58)(H,54,59)(H3,51,52,55)/t32-,40+,41+/m1/s1. The van der Waals surface area contributed by atoms with E-state index in [9.17, 15) is 27.6 Å². The topological polar surface area (TPSA) is 223 Å². The van der Waals surface area contributed by atoms with Gasteiger partial charge >= 0.3 is 24.1 Å². The predicted octanol–water partition coefficient (Wildman–Crippen LogP) is 7.17. The molecule has 0 unspecified atom stereocenters. The number of benzene rings is 4. The summed E-state index contributed by atoms with van der Waals surface area (Å²) in [5.41, 5.74) is 12.1. The van der Waals surface area contributed by atoms with Crippen LogP contribution in [0.3, 0.4) is 0 Å². The zero-order valence-corrected chi connectivity index (χ0v) is 40.3. The van der Waals surface area contributed by atoms with Crippen LogP contribution in [-0.4, -0.2) is 81.0 Å². The molecule has 4 aromatic carbocycles. The van der Waals surface area contributed by atoms with Crippen molar-refractivity contribution in [2.75, 3.05) is 13.2 Å². The quantitative estimate of drug-likeness (QED) is 0.0289. The summed E-state index contributed by atoms with van der Waals surface area (Å²) in [4.78, 5) is 58.4. The number of fused-ring (bicyclic) bond motifs is 4. The van der Waals surface area contributed by atoms with Crippen LogP contribution < -0.4 is 25.8 Å². The summed E-state index contributed by atoms with van der Waals surface area (Å²) in [5, 5.41) is 5.07. The smallest absolute Gasteiger partial charge is 0.408 e. The third-order valence-electron chi connectivity index (χ3n) is 11.6. The van der Waals surface area contributed by atoms with Gasteiger partial charge in [-0.15, -0.1) is 0 Å². The summed E-state index contributed by atoms with van der Waals surface area (Å²) in [6, 6.07) is 21.7. The van der Waals surface area contributed by atoms with E-state index < -0.39 is 63.5 Å². The first-order valence-corrected chi connectivity index (χ1v) is 23.7. The van der Waals surface area contributed by atoms with Crippen molar-refractivity contribution in [3.05, 3.63) is 118 Å². The maximum Gasteiger partial charge on any atom is 0.408 e. The molecule has 0 fully saturated rings. The van der Waals surface area contributed by atoms with Gasteiger partial charge in [0.1, 0.15) is 42.3 Å². The van der Waals surface area contributed by atoms with Gasteiger partial charge in [-0.3, -0.25) is 4.99 Å². The van der Waals surface area contributed by atoms with E-state index in [4.69, 9.17) is 29.4 Å². The Balaban J connectivity index is 1.17. The molecule has 0 spiro atoms. The van der Waals surface area contributed by atoms with Gasteiger partial charge in [-0.1, -0.05) is 78.9 Å². The Hall–Kier alpha value is -6.62. The number of esters is 2. The van der Waals surface area contributed by atoms with Gasteiger partial charge in [0, 0.05) is 24.4 Å². The molecule has 16 nitrogen and oxygen atoms in total. The number of guanidine groups is 1. The molecule has 0 saturated heterocycles. The molecule has 2 amide bonds. The largest absolute Gasteiger partial charge is 0.487 e. The summed E-state index contributed by atoms with van der Waals surface area (Å²) in [7, 11) is -4.19. The molecule has 1 aliphatic heterocycles. The van der Waals surface area contributed by atoms with E-state index in [0.29, 0.717) is 34.4 Å². The number of carbonyl (C=O) groups is 4. The number of alkyl carbamates (subject to hydrolysis) is 2. The van der Waals surface area contributed by atoms with Gasteiger partial charge in [-0.05, 0) is 120 Å². The highest BCUT2D eigenvalue weighted by Gasteiger charge is 2.38. The van der Waals surface area contributed by atoms with Crippen molar-refractivity contribution in [1.29, 1.82) is 0 Å². The Morgan fingerprint density at radius 1 is 0.836 bits per heavy atom. The van der Waals surface area contributed by atoms with Gasteiger partial charge in [-0.2, -0.15) is 0 Å². The van der Waals surface area contributed by atoms with Crippen LogP contribution >= 0.6 is 0 Å². The number of carbonyl (C=O) groups excluding carboxylic acids is 4. The van der Waals surface area contributed by atoms with Gasteiger partial charge < -0.3 is 40.1 Å². The average Bonchev–Trinajstić information content (AvgIpc) is 3.77. The van der Waals surface area contributed by atoms with Crippen LogP contribution in [0.2, 0.25) is 0 Å². The number of hydrogen-bond acceptors (Lipinski definition) is 12. The molecule has 0 radical (unpaired) electrons. The normalized spacial score (nSPS) is 15.4. The molecule has 0 saturated carbocycles. The minimum atomic E-state index is -4.19. The van der Waals surface area contributed by atoms with E-state index in [2.05, 4.69) is 20.3 Å². The van der Waals surface area contributed by atoms with Gasteiger partial charge in [-0.25, -0.2) is 32.3 Å². The number of aliphatic imine (C=N–C) groups is 1. The number of nitrogens with two attached hydrogens (primary N) is 1. The van der Waals surface area contributed by atoms with E-state index in [0.717, 1.165) is 27.8 Å². The molecule has 1 aliphatic carbocycles. The first kappa shape index (κ1) is 49.8. The van der Waals surface area contributed by atoms with Crippen LogP contribution in [0, 0.1) is 20.8 Å². The van der Waals surface area contributed by atoms with Crippen LogP contribution in [-0.2, 0) is 51.6 Å². The molecule has 17 heteroatoms. The van der Waals surface area contributed by atoms with E-state index in [1.54, 1.807) is 58.9 Å². The minimum absolute atomic E-state index is 0.0401. The zero-order chi connectivity index (χ0) is 48.8. The van der Waals surface area contributed by atoms with Crippen molar-refractivity contribution >= 4 is 40.1 Å². The Labute approximate surface area is 392 Å². The number of rotatable bonds is 16. The van der Waals surface area contributed by atoms with Crippen molar-refractivity contribution < 1.29 is 51.3 Å². The third-order valence-corrected chi connectivity index (χ3v) is 13.2. The molecular formula is C50H61N5O11S. The van der Waals surface area contributed by atoms with Crippen LogP contribution in [0.4, 0.5) is 9.59 Å². The maximum absolute atomic E-state index is 14.0. The van der Waals surface area contributed by atoms with Crippen molar-refractivity contribution in [3.63, 3.8) is 0 Å². The summed E-state index contributed by atoms with van der Waals surface area (Å²) in [5.74, 6) is -1.82. The highest BCUT2D eigenvalue weighted by atomic mass is 32.2. The van der Waals surface area contributed by atoms with Gasteiger partial charge in [0.25, 0.3) is 10.0 Å². The van der Waals surface area contributed by atoms with Crippen LogP contribution in [0.25, 0.3) is 11.1 Å². The monoisotopic (exact) mass is 939 g/mol. The molecule has 5 N–H and O–H groups in total. The highest BCUT2D eigenvalue weighted by molar-refractivity contribution is 7.90. The molecule has 358 valence electrons. The second-order valence-electron chi connectivity index (χ2n) is 18.4. The number of hydrogen-bond donors (Lipinski definition) is 4. The molecule has 3 atom stereocenters. The number of ether oxygens (including phenoxy) is 5. The lowest BCUT2D eigenvalue weighted by molar-refractivity contribution is -0.159. The number of nitrogens with zero attached hydrogens (tertiary/aromatic N) is 1. The minimum Gasteiger partial charge on any atom is -0.487 e. The van der Waals surface area contributed by atoms with Crippen molar-refractivity contribution in [1.82, 2.24) is 15.4 Å². The predicted molar refractivity (Wildman–Crippen MR) is 252 cm³/mol. The first-order valence-electron chi connectivity index (χ1n) is 22.2. The van der Waals surface area contributed by atoms with Gasteiger partial charge in [0.05, 0.1) is 4.90 Å². The number of nitrogens with one attached hydrogen (secondary N) is 3. The Morgan fingerprint density at radius 2 is 1.45 bits per heavy atom. The summed E-state index contributed by atoms with van der Waals surface area (Å²) < 4.78 is 58.6. The fraction of sp³-hybridized carbons (Fsp3) is 0.420. The Bertz CT molecular complexity index is 2600. The third kappa shape index (κ3) is 12.2. The second-order valence-corrected chi connectivity index (χ2v) is 20.1. The molecular weight excluding hydrogens is 879 g/mol. The van der Waals surface area contributed by atoms with E-state index >= 15 is 0 Å². The summed E-state index contributed by atoms with van der Waals surface area (Å²) >= 11 is 0. The van der Waals surface area contributed by atoms with Crippen LogP contribution in [0.1, 0.15) is 99.2 Å². The lowest BCUT2D eigenvalue weighted by Crippen LogP contribution is -2.52. The second kappa shape index (κ2) is 20.5. The van der Waals surface area contributed by atoms with Gasteiger partial charge in [0.15, 0.2) is 6.04 Å². The first-order chi connectivity index (χ1) is 31.5. The molecule has 0 aromatic heterocycles. The lowest BCUT2D eigenvalue weighted by Gasteiger charge is -2.27. The van der Waals surface area contributed by atoms with E-state index in [1.165, 1.54) is 6.92 Å². The molecule has 1 heterocycles. The molecule has 67 heavy (non-hydrogen) atoms. The zero-order valence-electron chi connectivity index (χ0n) is 39.5. The van der Waals surface area contributed by atoms with E-state index in [1.807, 2.05) is 75.4 Å². The fourth-order valence-corrected chi connectivity index (χ4v) is 9.87.